The Morgan fingerprint density at radius 3 is 2.36 bits per heavy atom. The predicted molar refractivity (Wildman–Crippen MR) is 200 cm³/mol. The van der Waals surface area contributed by atoms with Gasteiger partial charge in [0.1, 0.15) is 46.1 Å². The van der Waals surface area contributed by atoms with Gasteiger partial charge in [0.05, 0.1) is 32.4 Å². The number of phenolic OH excluding ortho intramolecular Hbond substituents is 1. The van der Waals surface area contributed by atoms with Gasteiger partial charge in [-0.05, 0) is 72.9 Å². The number of ether oxygens (including phenoxy) is 2. The monoisotopic (exact) mass is 748 g/mol. The quantitative estimate of drug-likeness (QED) is 0.256. The minimum absolute atomic E-state index is 0.00962. The molecule has 13 heteroatoms. The molecule has 2 amide bonds. The Kier molecular flexibility index (Phi) is 7.38. The standard InChI is InChI=1S/C42H43F2N7O4/c1-3-30-32(43)7-4-22-12-29(52)13-31(33(22)30)36-35(44)37-34(39(45-36)54-2)38(47-40(46-37)55-21-42(8-9-42)20-48-14-23-10-24(23)15-48)49-18-27-5-6-28(19-49)51(27)41(53)50-16-25-11-26(25)17-50/h1,4,7,12-13,23-28,52H,5-6,8-11,14-21H2,2H3/p+1. The fourth-order valence-corrected chi connectivity index (χ4v) is 10.6. The number of piperazine rings is 1. The number of carbonyl (C=O) groups excluding carboxylic acids is 1. The number of anilines is 1. The number of likely N-dealkylation sites (tertiary alicyclic amines) is 2. The van der Waals surface area contributed by atoms with Crippen LogP contribution in [0.25, 0.3) is 32.9 Å². The van der Waals surface area contributed by atoms with Gasteiger partial charge in [0, 0.05) is 61.9 Å². The summed E-state index contributed by atoms with van der Waals surface area (Å²) in [5.74, 6) is 4.34. The predicted octanol–water partition coefficient (Wildman–Crippen LogP) is 4.24. The molecule has 2 aromatic carbocycles. The summed E-state index contributed by atoms with van der Waals surface area (Å²) in [5, 5.41) is 11.7. The smallest absolute Gasteiger partial charge is 0.418 e. The molecule has 2 bridgehead atoms. The summed E-state index contributed by atoms with van der Waals surface area (Å²) < 4.78 is 44.8. The van der Waals surface area contributed by atoms with E-state index in [-0.39, 0.29) is 74.3 Å². The van der Waals surface area contributed by atoms with Crippen LogP contribution in [-0.2, 0) is 0 Å². The van der Waals surface area contributed by atoms with Crippen molar-refractivity contribution in [2.24, 2.45) is 29.1 Å². The molecule has 2 N–H and O–H groups in total. The van der Waals surface area contributed by atoms with Gasteiger partial charge in [-0.2, -0.15) is 9.97 Å². The molecule has 7 fully saturated rings. The third kappa shape index (κ3) is 5.50. The summed E-state index contributed by atoms with van der Waals surface area (Å²) in [6.45, 7) is 6.49. The number of hydrogen-bond acceptors (Lipinski definition) is 9. The first-order chi connectivity index (χ1) is 26.7. The molecule has 4 aliphatic heterocycles. The molecule has 7 aliphatic rings. The highest BCUT2D eigenvalue weighted by Gasteiger charge is 2.55. The average molecular weight is 749 g/mol. The molecule has 55 heavy (non-hydrogen) atoms. The topological polar surface area (TPSA) is 109 Å². The van der Waals surface area contributed by atoms with Crippen LogP contribution in [0.2, 0.25) is 0 Å². The number of carbonyl (C=O) groups is 1. The Hall–Kier alpha value is -4.80. The van der Waals surface area contributed by atoms with Crippen molar-refractivity contribution in [2.45, 2.75) is 50.6 Å². The number of aromatic hydroxyl groups is 1. The number of nitrogens with one attached hydrogen (secondary N) is 1. The maximum atomic E-state index is 17.4. The summed E-state index contributed by atoms with van der Waals surface area (Å²) in [7, 11) is 1.45. The van der Waals surface area contributed by atoms with Crippen LogP contribution in [0.4, 0.5) is 19.4 Å². The largest absolute Gasteiger partial charge is 0.508 e. The first-order valence-corrected chi connectivity index (χ1v) is 19.8. The van der Waals surface area contributed by atoms with Crippen LogP contribution < -0.4 is 19.3 Å². The van der Waals surface area contributed by atoms with Gasteiger partial charge in [-0.25, -0.2) is 23.5 Å². The summed E-state index contributed by atoms with van der Waals surface area (Å²) in [6, 6.07) is 5.87. The second-order valence-corrected chi connectivity index (χ2v) is 17.5. The maximum Gasteiger partial charge on any atom is 0.418 e. The van der Waals surface area contributed by atoms with Crippen LogP contribution >= 0.6 is 0 Å². The number of rotatable bonds is 8. The third-order valence-electron chi connectivity index (χ3n) is 13.9. The lowest BCUT2D eigenvalue weighted by Gasteiger charge is -2.39. The zero-order chi connectivity index (χ0) is 37.3. The molecular weight excluding hydrogens is 705 g/mol. The number of amides is 2. The molecule has 6 heterocycles. The molecule has 2 aromatic heterocycles. The highest BCUT2D eigenvalue weighted by molar-refractivity contribution is 6.04. The van der Waals surface area contributed by atoms with Crippen molar-refractivity contribution < 1.29 is 33.1 Å². The van der Waals surface area contributed by atoms with Crippen LogP contribution in [0.1, 0.15) is 44.1 Å². The van der Waals surface area contributed by atoms with Gasteiger partial charge in [0.15, 0.2) is 5.82 Å². The number of nitrogens with zero attached hydrogens (tertiary/aromatic N) is 6. The summed E-state index contributed by atoms with van der Waals surface area (Å²) in [6.07, 6.45) is 12.3. The number of methoxy groups -OCH3 is 1. The molecule has 4 saturated heterocycles. The van der Waals surface area contributed by atoms with Crippen LogP contribution in [0.15, 0.2) is 24.3 Å². The second kappa shape index (κ2) is 12.1. The van der Waals surface area contributed by atoms with E-state index >= 15 is 8.78 Å². The molecule has 3 saturated carbocycles. The minimum atomic E-state index is -0.795. The van der Waals surface area contributed by atoms with Crippen molar-refractivity contribution in [3.63, 3.8) is 0 Å². The number of fused-ring (bicyclic) bond motifs is 6. The lowest BCUT2D eigenvalue weighted by Crippen LogP contribution is -3.23. The second-order valence-electron chi connectivity index (χ2n) is 17.5. The van der Waals surface area contributed by atoms with Crippen LogP contribution in [0.5, 0.6) is 17.6 Å². The lowest BCUT2D eigenvalue weighted by molar-refractivity contribution is -0.859. The Morgan fingerprint density at radius 2 is 1.69 bits per heavy atom. The first-order valence-electron chi connectivity index (χ1n) is 19.8. The van der Waals surface area contributed by atoms with Gasteiger partial charge in [-0.1, -0.05) is 12.0 Å². The minimum Gasteiger partial charge on any atom is -0.508 e. The number of hydrogen-bond donors (Lipinski definition) is 2. The van der Waals surface area contributed by atoms with Gasteiger partial charge in [-0.15, -0.1) is 6.42 Å². The summed E-state index contributed by atoms with van der Waals surface area (Å²) in [5.41, 5.74) is -0.206. The fourth-order valence-electron chi connectivity index (χ4n) is 10.6. The third-order valence-corrected chi connectivity index (χ3v) is 13.9. The van der Waals surface area contributed by atoms with E-state index in [9.17, 15) is 9.90 Å². The van der Waals surface area contributed by atoms with E-state index in [0.717, 1.165) is 75.1 Å². The van der Waals surface area contributed by atoms with Crippen LogP contribution in [0, 0.1) is 53.1 Å². The fraction of sp³-hybridized carbons (Fsp3) is 0.524. The number of pyridine rings is 1. The van der Waals surface area contributed by atoms with Crippen molar-refractivity contribution in [3.05, 3.63) is 41.5 Å². The number of piperidine rings is 2. The Bertz CT molecular complexity index is 2310. The van der Waals surface area contributed by atoms with Crippen LogP contribution in [-0.4, -0.2) is 108 Å². The van der Waals surface area contributed by atoms with Gasteiger partial charge < -0.3 is 24.4 Å². The first kappa shape index (κ1) is 33.5. The maximum absolute atomic E-state index is 17.4. The van der Waals surface area contributed by atoms with E-state index < -0.39 is 11.6 Å². The Labute approximate surface area is 317 Å². The molecule has 284 valence electrons. The highest BCUT2D eigenvalue weighted by Crippen LogP contribution is 2.51. The zero-order valence-electron chi connectivity index (χ0n) is 30.9. The van der Waals surface area contributed by atoms with E-state index in [0.29, 0.717) is 42.7 Å². The molecule has 0 spiro atoms. The number of benzene rings is 2. The molecule has 11 rings (SSSR count). The molecule has 6 atom stereocenters. The van der Waals surface area contributed by atoms with Gasteiger partial charge >= 0.3 is 12.0 Å². The molecule has 6 unspecified atom stereocenters. The lowest BCUT2D eigenvalue weighted by atomic mass is 9.95. The van der Waals surface area contributed by atoms with Gasteiger partial charge in [-0.3, -0.25) is 4.90 Å². The number of quaternary nitrogens is 1. The normalized spacial score (nSPS) is 29.7. The molecule has 11 nitrogen and oxygen atoms in total. The van der Waals surface area contributed by atoms with Gasteiger partial charge in [0.25, 0.3) is 0 Å². The average Bonchev–Trinajstić information content (AvgIpc) is 4.15. The molecule has 0 radical (unpaired) electrons. The molecule has 3 aliphatic carbocycles. The van der Waals surface area contributed by atoms with Gasteiger partial charge in [0.2, 0.25) is 5.88 Å². The number of aromatic nitrogens is 3. The Morgan fingerprint density at radius 1 is 0.982 bits per heavy atom. The van der Waals surface area contributed by atoms with Crippen molar-refractivity contribution >= 4 is 33.5 Å². The SMILES string of the molecule is C#Cc1c(F)ccc2cc(O)cc(-c3nc(OC)c4c(N5CC6CCC(C5)[NH+]6C(=O)N5CC6CC6C5)nc(OCC5(CN6CC7CC7C6)CC5)nc4c3F)c12. The van der Waals surface area contributed by atoms with E-state index in [1.165, 1.54) is 44.2 Å². The van der Waals surface area contributed by atoms with Crippen molar-refractivity contribution in [2.75, 3.05) is 64.4 Å². The number of terminal acetylenes is 1. The number of urea groups is 1. The van der Waals surface area contributed by atoms with Crippen molar-refractivity contribution in [3.8, 4) is 41.2 Å². The number of halogens is 2. The zero-order valence-corrected chi connectivity index (χ0v) is 30.9. The van der Waals surface area contributed by atoms with E-state index in [2.05, 4.69) is 25.6 Å². The van der Waals surface area contributed by atoms with E-state index in [4.69, 9.17) is 25.9 Å². The summed E-state index contributed by atoms with van der Waals surface area (Å²) in [4.78, 5) is 36.0. The van der Waals surface area contributed by atoms with Crippen molar-refractivity contribution in [1.82, 2.24) is 24.8 Å². The van der Waals surface area contributed by atoms with E-state index in [1.807, 2.05) is 0 Å². The Balaban J connectivity index is 1.00. The summed E-state index contributed by atoms with van der Waals surface area (Å²) >= 11 is 0. The van der Waals surface area contributed by atoms with Crippen LogP contribution in [0.3, 0.4) is 0 Å². The van der Waals surface area contributed by atoms with Crippen molar-refractivity contribution in [1.29, 1.82) is 0 Å². The highest BCUT2D eigenvalue weighted by atomic mass is 19.1. The molecule has 4 aromatic rings. The molecular formula is C42H44F2N7O4+. The van der Waals surface area contributed by atoms with E-state index in [1.54, 1.807) is 0 Å². The number of phenols is 1.